The lowest BCUT2D eigenvalue weighted by Gasteiger charge is -2.24. The third-order valence-corrected chi connectivity index (χ3v) is 3.94. The smallest absolute Gasteiger partial charge is 0.0388 e. The minimum Gasteiger partial charge on any atom is -0.382 e. The van der Waals surface area contributed by atoms with Crippen LogP contribution in [0.3, 0.4) is 0 Å². The molecule has 0 aliphatic rings. The fourth-order valence-corrected chi connectivity index (χ4v) is 2.69. The number of hydrogen-bond donors (Lipinski definition) is 1. The van der Waals surface area contributed by atoms with Gasteiger partial charge in [-0.3, -0.25) is 4.90 Å². The van der Waals surface area contributed by atoms with Gasteiger partial charge < -0.3 is 5.32 Å². The highest BCUT2D eigenvalue weighted by Gasteiger charge is 2.10. The molecule has 1 rings (SSSR count). The van der Waals surface area contributed by atoms with Crippen LogP contribution in [0, 0.1) is 0 Å². The highest BCUT2D eigenvalue weighted by molar-refractivity contribution is 5.51. The minimum absolute atomic E-state index is 0.614. The van der Waals surface area contributed by atoms with E-state index in [0.29, 0.717) is 6.04 Å². The van der Waals surface area contributed by atoms with Crippen molar-refractivity contribution >= 4 is 5.69 Å². The molecule has 2 nitrogen and oxygen atoms in total. The molecule has 1 aromatic rings. The molecule has 0 saturated carbocycles. The van der Waals surface area contributed by atoms with Crippen molar-refractivity contribution in [3.8, 4) is 0 Å². The second-order valence-electron chi connectivity index (χ2n) is 5.54. The first-order valence-corrected chi connectivity index (χ1v) is 8.31. The van der Waals surface area contributed by atoms with Gasteiger partial charge in [-0.1, -0.05) is 58.7 Å². The Bertz CT molecular complexity index is 352. The van der Waals surface area contributed by atoms with E-state index in [0.717, 1.165) is 19.6 Å². The van der Waals surface area contributed by atoms with Crippen LogP contribution in [0.25, 0.3) is 0 Å². The maximum absolute atomic E-state index is 3.78. The van der Waals surface area contributed by atoms with Gasteiger partial charge in [0, 0.05) is 18.3 Å². The van der Waals surface area contributed by atoms with Gasteiger partial charge in [0.15, 0.2) is 0 Å². The van der Waals surface area contributed by atoms with E-state index < -0.39 is 0 Å². The van der Waals surface area contributed by atoms with Crippen molar-refractivity contribution in [3.63, 3.8) is 0 Å². The lowest BCUT2D eigenvalue weighted by molar-refractivity contribution is 0.296. The van der Waals surface area contributed by atoms with Crippen LogP contribution in [0.4, 0.5) is 5.69 Å². The molecule has 0 unspecified atom stereocenters. The van der Waals surface area contributed by atoms with Gasteiger partial charge in [-0.2, -0.15) is 0 Å². The molecule has 0 atom stereocenters. The molecule has 0 bridgehead atoms. The van der Waals surface area contributed by atoms with Crippen molar-refractivity contribution in [3.05, 3.63) is 29.8 Å². The molecule has 0 radical (unpaired) electrons. The summed E-state index contributed by atoms with van der Waals surface area (Å²) in [6, 6.07) is 9.40. The molecule has 0 spiro atoms. The van der Waals surface area contributed by atoms with Crippen LogP contribution in [0.1, 0.15) is 58.9 Å². The number of benzene rings is 1. The topological polar surface area (TPSA) is 15.3 Å². The van der Waals surface area contributed by atoms with E-state index in [-0.39, 0.29) is 0 Å². The van der Waals surface area contributed by atoms with Crippen molar-refractivity contribution in [2.75, 3.05) is 18.4 Å². The summed E-state index contributed by atoms with van der Waals surface area (Å²) in [5.74, 6) is 0. The Kier molecular flexibility index (Phi) is 8.36. The van der Waals surface area contributed by atoms with Gasteiger partial charge in [0.25, 0.3) is 0 Å². The maximum Gasteiger partial charge on any atom is 0.0388 e. The largest absolute Gasteiger partial charge is 0.382 e. The van der Waals surface area contributed by atoms with Crippen molar-refractivity contribution in [2.24, 2.45) is 0 Å². The number of anilines is 1. The second-order valence-corrected chi connectivity index (χ2v) is 5.54. The van der Waals surface area contributed by atoms with E-state index in [4.69, 9.17) is 0 Å². The summed E-state index contributed by atoms with van der Waals surface area (Å²) in [5, 5.41) is 3.78. The van der Waals surface area contributed by atoms with Crippen molar-refractivity contribution in [1.29, 1.82) is 0 Å². The third kappa shape index (κ3) is 5.54. The second kappa shape index (κ2) is 9.82. The highest BCUT2D eigenvalue weighted by atomic mass is 15.1. The van der Waals surface area contributed by atoms with Crippen LogP contribution in [0.5, 0.6) is 0 Å². The Hall–Kier alpha value is -1.02. The third-order valence-electron chi connectivity index (χ3n) is 3.94. The monoisotopic (exact) mass is 276 g/mol. The van der Waals surface area contributed by atoms with E-state index in [2.05, 4.69) is 62.2 Å². The highest BCUT2D eigenvalue weighted by Crippen LogP contribution is 2.20. The van der Waals surface area contributed by atoms with Gasteiger partial charge in [-0.15, -0.1) is 0 Å². The van der Waals surface area contributed by atoms with E-state index in [1.165, 1.54) is 36.9 Å². The Morgan fingerprint density at radius 1 is 0.950 bits per heavy atom. The number of rotatable bonds is 10. The molecule has 20 heavy (non-hydrogen) atoms. The van der Waals surface area contributed by atoms with Crippen LogP contribution in [0.15, 0.2) is 24.3 Å². The Morgan fingerprint density at radius 2 is 1.55 bits per heavy atom. The number of hydrogen-bond acceptors (Lipinski definition) is 2. The molecule has 0 heterocycles. The summed E-state index contributed by atoms with van der Waals surface area (Å²) in [6.07, 6.45) is 5.01. The number of para-hydroxylation sites is 1. The first kappa shape index (κ1) is 17.0. The summed E-state index contributed by atoms with van der Waals surface area (Å²) in [4.78, 5) is 2.47. The Morgan fingerprint density at radius 3 is 2.10 bits per heavy atom. The van der Waals surface area contributed by atoms with Gasteiger partial charge in [0.1, 0.15) is 0 Å². The zero-order valence-electron chi connectivity index (χ0n) is 13.8. The SMILES string of the molecule is CCCC(CCC)Nc1ccccc1CN(CC)CC. The summed E-state index contributed by atoms with van der Waals surface area (Å²) >= 11 is 0. The Balaban J connectivity index is 2.77. The molecule has 0 fully saturated rings. The van der Waals surface area contributed by atoms with E-state index in [1.54, 1.807) is 0 Å². The summed E-state index contributed by atoms with van der Waals surface area (Å²) < 4.78 is 0. The van der Waals surface area contributed by atoms with E-state index in [9.17, 15) is 0 Å². The molecule has 0 amide bonds. The van der Waals surface area contributed by atoms with Gasteiger partial charge in [0.05, 0.1) is 0 Å². The fraction of sp³-hybridized carbons (Fsp3) is 0.667. The molecule has 1 N–H and O–H groups in total. The molecule has 0 saturated heterocycles. The summed E-state index contributed by atoms with van der Waals surface area (Å²) in [7, 11) is 0. The normalized spacial score (nSPS) is 11.3. The zero-order valence-corrected chi connectivity index (χ0v) is 13.8. The van der Waals surface area contributed by atoms with Crippen LogP contribution >= 0.6 is 0 Å². The van der Waals surface area contributed by atoms with Gasteiger partial charge >= 0.3 is 0 Å². The molecule has 2 heteroatoms. The van der Waals surface area contributed by atoms with Crippen molar-refractivity contribution in [1.82, 2.24) is 4.90 Å². The molecule has 0 aliphatic heterocycles. The lowest BCUT2D eigenvalue weighted by atomic mass is 10.0. The lowest BCUT2D eigenvalue weighted by Crippen LogP contribution is -2.24. The van der Waals surface area contributed by atoms with Crippen LogP contribution in [-0.4, -0.2) is 24.0 Å². The summed E-state index contributed by atoms with van der Waals surface area (Å²) in [6.45, 7) is 12.3. The predicted octanol–water partition coefficient (Wildman–Crippen LogP) is 4.91. The number of nitrogens with one attached hydrogen (secondary N) is 1. The standard InChI is InChI=1S/C18H32N2/c1-5-11-17(12-6-2)19-18-14-10-9-13-16(18)15-20(7-3)8-4/h9-10,13-14,17,19H,5-8,11-12,15H2,1-4H3. The van der Waals surface area contributed by atoms with Gasteiger partial charge in [-0.25, -0.2) is 0 Å². The van der Waals surface area contributed by atoms with Gasteiger partial charge in [-0.05, 0) is 37.6 Å². The summed E-state index contributed by atoms with van der Waals surface area (Å²) in [5.41, 5.74) is 2.75. The zero-order chi connectivity index (χ0) is 14.8. The maximum atomic E-state index is 3.78. The first-order valence-electron chi connectivity index (χ1n) is 8.31. The Labute approximate surface area is 125 Å². The molecule has 0 aromatic heterocycles. The molecule has 1 aromatic carbocycles. The number of nitrogens with zero attached hydrogens (tertiary/aromatic N) is 1. The van der Waals surface area contributed by atoms with E-state index in [1.807, 2.05) is 0 Å². The minimum atomic E-state index is 0.614. The van der Waals surface area contributed by atoms with Crippen LogP contribution in [0.2, 0.25) is 0 Å². The fourth-order valence-electron chi connectivity index (χ4n) is 2.69. The van der Waals surface area contributed by atoms with Gasteiger partial charge in [0.2, 0.25) is 0 Å². The van der Waals surface area contributed by atoms with E-state index >= 15 is 0 Å². The first-order chi connectivity index (χ1) is 9.74. The van der Waals surface area contributed by atoms with Crippen molar-refractivity contribution in [2.45, 2.75) is 66.0 Å². The average molecular weight is 276 g/mol. The predicted molar refractivity (Wildman–Crippen MR) is 90.3 cm³/mol. The quantitative estimate of drug-likeness (QED) is 0.653. The molecular formula is C18H32N2. The molecule has 114 valence electrons. The molecular weight excluding hydrogens is 244 g/mol. The van der Waals surface area contributed by atoms with Crippen LogP contribution < -0.4 is 5.32 Å². The van der Waals surface area contributed by atoms with Crippen molar-refractivity contribution < 1.29 is 0 Å². The average Bonchev–Trinajstić information content (AvgIpc) is 2.47. The van der Waals surface area contributed by atoms with Crippen LogP contribution in [-0.2, 0) is 6.54 Å². The molecule has 0 aliphatic carbocycles.